The van der Waals surface area contributed by atoms with Crippen LogP contribution < -0.4 is 15.1 Å². The molecule has 2 aromatic carbocycles. The van der Waals surface area contributed by atoms with Crippen LogP contribution in [0, 0.1) is 5.92 Å². The van der Waals surface area contributed by atoms with Gasteiger partial charge in [-0.15, -0.1) is 0 Å². The van der Waals surface area contributed by atoms with Crippen molar-refractivity contribution in [3.8, 4) is 0 Å². The Morgan fingerprint density at radius 3 is 2.50 bits per heavy atom. The van der Waals surface area contributed by atoms with Gasteiger partial charge < -0.3 is 5.32 Å². The average molecular weight is 676 g/mol. The number of hydrogen-bond donors (Lipinski definition) is 1. The Morgan fingerprint density at radius 1 is 1.02 bits per heavy atom. The molecule has 8 nitrogen and oxygen atoms in total. The van der Waals surface area contributed by atoms with Crippen molar-refractivity contribution in [2.45, 2.75) is 22.7 Å². The zero-order chi connectivity index (χ0) is 28.1. The molecule has 202 valence electrons. The van der Waals surface area contributed by atoms with E-state index in [0.717, 1.165) is 27.6 Å². The number of amides is 3. The molecule has 4 heterocycles. The van der Waals surface area contributed by atoms with Gasteiger partial charge in [-0.3, -0.25) is 28.7 Å². The molecule has 0 aliphatic carbocycles. The molecule has 3 atom stereocenters. The topological polar surface area (TPSA) is 101 Å². The van der Waals surface area contributed by atoms with Crippen molar-refractivity contribution in [2.24, 2.45) is 5.92 Å². The van der Waals surface area contributed by atoms with E-state index in [9.17, 15) is 19.2 Å². The number of halogens is 3. The van der Waals surface area contributed by atoms with Gasteiger partial charge in [0.1, 0.15) is 11.8 Å². The van der Waals surface area contributed by atoms with Crippen LogP contribution in [-0.4, -0.2) is 32.5 Å². The summed E-state index contributed by atoms with van der Waals surface area (Å²) in [6.07, 6.45) is 3.27. The van der Waals surface area contributed by atoms with Crippen LogP contribution in [0.2, 0.25) is 10.0 Å². The fourth-order valence-electron chi connectivity index (χ4n) is 4.94. The largest absolute Gasteiger partial charge is 0.324 e. The van der Waals surface area contributed by atoms with Crippen LogP contribution >= 0.6 is 62.2 Å². The quantitative estimate of drug-likeness (QED) is 0.268. The van der Waals surface area contributed by atoms with Gasteiger partial charge in [-0.05, 0) is 54.1 Å². The lowest BCUT2D eigenvalue weighted by Gasteiger charge is -2.30. The van der Waals surface area contributed by atoms with Crippen molar-refractivity contribution < 1.29 is 14.4 Å². The number of benzene rings is 2. The van der Waals surface area contributed by atoms with E-state index < -0.39 is 23.0 Å². The van der Waals surface area contributed by atoms with E-state index in [0.29, 0.717) is 31.9 Å². The fraction of sp³-hybridized carbons (Fsp3) is 0.148. The van der Waals surface area contributed by atoms with Crippen molar-refractivity contribution in [1.29, 1.82) is 0 Å². The molecule has 1 saturated heterocycles. The summed E-state index contributed by atoms with van der Waals surface area (Å²) >= 11 is 17.5. The molecule has 0 radical (unpaired) electrons. The molecular weight excluding hydrogens is 659 g/mol. The highest BCUT2D eigenvalue weighted by Crippen LogP contribution is 2.53. The Kier molecular flexibility index (Phi) is 7.34. The number of hydrogen-bond acceptors (Lipinski definition) is 7. The van der Waals surface area contributed by atoms with Crippen molar-refractivity contribution in [1.82, 2.24) is 9.55 Å². The third kappa shape index (κ3) is 4.79. The lowest BCUT2D eigenvalue weighted by molar-refractivity contribution is -0.122. The van der Waals surface area contributed by atoms with E-state index >= 15 is 0 Å². The van der Waals surface area contributed by atoms with Gasteiger partial charge in [0.05, 0.1) is 26.7 Å². The number of anilines is 2. The molecule has 1 fully saturated rings. The first-order chi connectivity index (χ1) is 19.2. The Morgan fingerprint density at radius 2 is 1.80 bits per heavy atom. The number of nitrogens with one attached hydrogen (secondary N) is 1. The van der Waals surface area contributed by atoms with Crippen LogP contribution in [-0.2, 0) is 20.9 Å². The monoisotopic (exact) mass is 674 g/mol. The summed E-state index contributed by atoms with van der Waals surface area (Å²) in [6.45, 7) is -0.284. The van der Waals surface area contributed by atoms with Crippen molar-refractivity contribution in [3.05, 3.63) is 102 Å². The third-order valence-electron chi connectivity index (χ3n) is 6.68. The van der Waals surface area contributed by atoms with Gasteiger partial charge in [0.2, 0.25) is 17.7 Å². The van der Waals surface area contributed by atoms with Gasteiger partial charge in [0.15, 0.2) is 0 Å². The van der Waals surface area contributed by atoms with Gasteiger partial charge >= 0.3 is 4.87 Å². The van der Waals surface area contributed by atoms with Crippen LogP contribution in [0.5, 0.6) is 0 Å². The summed E-state index contributed by atoms with van der Waals surface area (Å²) in [5, 5.41) is 3.07. The van der Waals surface area contributed by atoms with Crippen molar-refractivity contribution in [2.75, 3.05) is 10.2 Å². The minimum absolute atomic E-state index is 0.283. The Balaban J connectivity index is 1.39. The minimum atomic E-state index is -0.785. The number of imide groups is 1. The number of thiazole rings is 1. The number of fused-ring (bicyclic) bond motifs is 2. The Hall–Kier alpha value is -2.96. The first kappa shape index (κ1) is 27.2. The molecule has 13 heteroatoms. The van der Waals surface area contributed by atoms with Crippen LogP contribution in [0.15, 0.2) is 81.3 Å². The number of aromatic nitrogens is 2. The van der Waals surface area contributed by atoms with Gasteiger partial charge in [-0.25, -0.2) is 4.90 Å². The van der Waals surface area contributed by atoms with E-state index in [1.54, 1.807) is 54.9 Å². The highest BCUT2D eigenvalue weighted by molar-refractivity contribution is 9.10. The zero-order valence-electron chi connectivity index (χ0n) is 20.2. The second-order valence-electron chi connectivity index (χ2n) is 9.12. The van der Waals surface area contributed by atoms with Crippen LogP contribution in [0.25, 0.3) is 0 Å². The second-order valence-corrected chi connectivity index (χ2v) is 13.0. The normalized spacial score (nSPS) is 19.9. The summed E-state index contributed by atoms with van der Waals surface area (Å²) in [6, 6.07) is 15.2. The number of carbonyl (C=O) groups excluding carboxylic acids is 3. The van der Waals surface area contributed by atoms with Crippen LogP contribution in [0.1, 0.15) is 16.4 Å². The van der Waals surface area contributed by atoms with Gasteiger partial charge in [0, 0.05) is 33.3 Å². The van der Waals surface area contributed by atoms with E-state index in [-0.39, 0.29) is 28.3 Å². The molecule has 6 rings (SSSR count). The number of thioether (sulfide) groups is 1. The number of rotatable bonds is 5. The van der Waals surface area contributed by atoms with Gasteiger partial charge in [-0.1, -0.05) is 68.3 Å². The van der Waals surface area contributed by atoms with Gasteiger partial charge in [-0.2, -0.15) is 0 Å². The van der Waals surface area contributed by atoms with Gasteiger partial charge in [0.25, 0.3) is 0 Å². The summed E-state index contributed by atoms with van der Waals surface area (Å²) in [4.78, 5) is 59.5. The molecule has 4 aromatic rings. The first-order valence-corrected chi connectivity index (χ1v) is 15.2. The van der Waals surface area contributed by atoms with E-state index in [2.05, 4.69) is 26.2 Å². The number of carbonyl (C=O) groups is 3. The molecule has 0 spiro atoms. The molecule has 2 aliphatic rings. The Bertz CT molecular complexity index is 1730. The molecule has 0 bridgehead atoms. The Labute approximate surface area is 254 Å². The predicted molar refractivity (Wildman–Crippen MR) is 160 cm³/mol. The van der Waals surface area contributed by atoms with E-state index in [4.69, 9.17) is 23.2 Å². The van der Waals surface area contributed by atoms with Crippen molar-refractivity contribution >= 4 is 91.3 Å². The third-order valence-corrected chi connectivity index (χ3v) is 10.6. The molecule has 1 N–H and O–H groups in total. The maximum absolute atomic E-state index is 13.8. The maximum Gasteiger partial charge on any atom is 0.308 e. The summed E-state index contributed by atoms with van der Waals surface area (Å²) in [5.74, 6) is -2.48. The average Bonchev–Trinajstić information content (AvgIpc) is 3.38. The second kappa shape index (κ2) is 10.8. The van der Waals surface area contributed by atoms with E-state index in [1.165, 1.54) is 15.5 Å². The molecule has 40 heavy (non-hydrogen) atoms. The predicted octanol–water partition coefficient (Wildman–Crippen LogP) is 5.81. The first-order valence-electron chi connectivity index (χ1n) is 11.9. The number of nitrogens with zero attached hydrogens (tertiary/aromatic N) is 3. The fourth-order valence-corrected chi connectivity index (χ4v) is 8.27. The smallest absolute Gasteiger partial charge is 0.308 e. The lowest BCUT2D eigenvalue weighted by Crippen LogP contribution is -2.33. The van der Waals surface area contributed by atoms with Crippen molar-refractivity contribution in [3.63, 3.8) is 0 Å². The lowest BCUT2D eigenvalue weighted by atomic mass is 9.84. The molecule has 0 unspecified atom stereocenters. The molecule has 0 saturated carbocycles. The highest BCUT2D eigenvalue weighted by atomic mass is 79.9. The standard InChI is InChI=1S/C27H17BrCl2N4O4S2/c28-14-3-6-16(7-4-14)34-24(36)21-20(13-2-1-9-31-11-13)23-26(39-22(21)25(34)37)33(27(38)40-23)12-19(35)32-15-5-8-17(29)18(30)10-15/h1-11,20-22H,12H2,(H,32,35)/t20-,21-,22+/m0/s1. The SMILES string of the molecule is O=C(Cn1c2c(sc1=O)[C@@H](c1cccnc1)[C@@H]1C(=O)N(c3ccc(Br)cc3)C(=O)[C@@H]1S2)Nc1ccc(Cl)c(Cl)c1. The zero-order valence-corrected chi connectivity index (χ0v) is 24.9. The van der Waals surface area contributed by atoms with Crippen LogP contribution in [0.3, 0.4) is 0 Å². The summed E-state index contributed by atoms with van der Waals surface area (Å²) in [5.41, 5.74) is 1.62. The van der Waals surface area contributed by atoms with E-state index in [1.807, 2.05) is 6.07 Å². The maximum atomic E-state index is 13.8. The molecule has 2 aromatic heterocycles. The number of pyridine rings is 1. The summed E-state index contributed by atoms with van der Waals surface area (Å²) in [7, 11) is 0. The molecular formula is C27H17BrCl2N4O4S2. The molecule has 3 amide bonds. The van der Waals surface area contributed by atoms with Crippen LogP contribution in [0.4, 0.5) is 11.4 Å². The molecule has 2 aliphatic heterocycles. The summed E-state index contributed by atoms with van der Waals surface area (Å²) < 4.78 is 2.18. The minimum Gasteiger partial charge on any atom is -0.324 e. The highest BCUT2D eigenvalue weighted by Gasteiger charge is 2.56.